The quantitative estimate of drug-likeness (QED) is 0.705. The third-order valence-corrected chi connectivity index (χ3v) is 5.56. The number of rotatable bonds is 3. The highest BCUT2D eigenvalue weighted by Gasteiger charge is 2.24. The Morgan fingerprint density at radius 1 is 1.37 bits per heavy atom. The summed E-state index contributed by atoms with van der Waals surface area (Å²) >= 11 is 1.45. The minimum Gasteiger partial charge on any atom is -0.457 e. The normalized spacial score (nSPS) is 15.7. The minimum absolute atomic E-state index is 0.00135. The van der Waals surface area contributed by atoms with Gasteiger partial charge in [-0.2, -0.15) is 5.26 Å². The number of amides is 1. The van der Waals surface area contributed by atoms with Gasteiger partial charge in [-0.05, 0) is 37.3 Å². The van der Waals surface area contributed by atoms with Gasteiger partial charge in [0.2, 0.25) is 5.91 Å². The smallest absolute Gasteiger partial charge is 0.338 e. The number of carbonyl (C=O) groups is 2. The molecule has 3 heterocycles. The van der Waals surface area contributed by atoms with Gasteiger partial charge in [0.05, 0.1) is 27.6 Å². The lowest BCUT2D eigenvalue weighted by molar-refractivity contribution is -0.115. The van der Waals surface area contributed by atoms with Crippen LogP contribution < -0.4 is 5.32 Å². The zero-order valence-electron chi connectivity index (χ0n) is 14.4. The van der Waals surface area contributed by atoms with Crippen molar-refractivity contribution in [2.75, 3.05) is 5.32 Å². The van der Waals surface area contributed by atoms with Crippen LogP contribution in [0.4, 0.5) is 5.69 Å². The first-order valence-electron chi connectivity index (χ1n) is 8.34. The summed E-state index contributed by atoms with van der Waals surface area (Å²) in [4.78, 5) is 25.2. The van der Waals surface area contributed by atoms with Gasteiger partial charge >= 0.3 is 5.97 Å². The van der Waals surface area contributed by atoms with Crippen molar-refractivity contribution in [3.63, 3.8) is 0 Å². The molecule has 0 radical (unpaired) electrons. The Balaban J connectivity index is 1.53. The van der Waals surface area contributed by atoms with E-state index in [2.05, 4.69) is 11.4 Å². The summed E-state index contributed by atoms with van der Waals surface area (Å²) in [5, 5.41) is 12.1. The number of hydrogen-bond donors (Lipinski definition) is 1. The van der Waals surface area contributed by atoms with Crippen LogP contribution in [0.15, 0.2) is 53.7 Å². The molecular formula is C20H15N3O3S. The van der Waals surface area contributed by atoms with Crippen LogP contribution in [0.25, 0.3) is 5.52 Å². The molecule has 0 fully saturated rings. The fraction of sp³-hybridized carbons (Fsp3) is 0.150. The van der Waals surface area contributed by atoms with Crippen LogP contribution in [-0.2, 0) is 16.1 Å². The van der Waals surface area contributed by atoms with Gasteiger partial charge in [0.1, 0.15) is 12.7 Å². The summed E-state index contributed by atoms with van der Waals surface area (Å²) in [6.45, 7) is 1.83. The average Bonchev–Trinajstić information content (AvgIpc) is 3.04. The number of anilines is 1. The number of hydrogen-bond acceptors (Lipinski definition) is 5. The molecule has 4 rings (SSSR count). The van der Waals surface area contributed by atoms with Gasteiger partial charge in [-0.1, -0.05) is 6.07 Å². The van der Waals surface area contributed by atoms with E-state index in [4.69, 9.17) is 4.74 Å². The average molecular weight is 377 g/mol. The monoisotopic (exact) mass is 377 g/mol. The van der Waals surface area contributed by atoms with Crippen LogP contribution >= 0.6 is 11.8 Å². The lowest BCUT2D eigenvalue weighted by Gasteiger charge is -2.21. The predicted octanol–water partition coefficient (Wildman–Crippen LogP) is 3.60. The molecule has 0 saturated heterocycles. The topological polar surface area (TPSA) is 83.6 Å². The number of nitrogens with one attached hydrogen (secondary N) is 1. The molecule has 0 aliphatic carbocycles. The number of ether oxygens (including phenoxy) is 1. The van der Waals surface area contributed by atoms with Crippen LogP contribution in [0.3, 0.4) is 0 Å². The van der Waals surface area contributed by atoms with E-state index in [0.717, 1.165) is 10.4 Å². The molecule has 0 saturated carbocycles. The van der Waals surface area contributed by atoms with Crippen molar-refractivity contribution >= 4 is 34.8 Å². The predicted molar refractivity (Wildman–Crippen MR) is 102 cm³/mol. The molecule has 0 bridgehead atoms. The molecule has 1 aliphatic heterocycles. The molecule has 1 aromatic carbocycles. The molecule has 1 unspecified atom stereocenters. The summed E-state index contributed by atoms with van der Waals surface area (Å²) in [6, 6.07) is 12.8. The third-order valence-electron chi connectivity index (χ3n) is 4.38. The maximum atomic E-state index is 12.4. The first kappa shape index (κ1) is 17.2. The van der Waals surface area contributed by atoms with Crippen molar-refractivity contribution in [3.8, 4) is 6.07 Å². The number of esters is 1. The Hall–Kier alpha value is -3.24. The van der Waals surface area contributed by atoms with E-state index in [9.17, 15) is 14.9 Å². The van der Waals surface area contributed by atoms with Gasteiger partial charge in [0.15, 0.2) is 0 Å². The zero-order chi connectivity index (χ0) is 19.0. The molecule has 6 nitrogen and oxygen atoms in total. The van der Waals surface area contributed by atoms with E-state index in [-0.39, 0.29) is 17.8 Å². The molecule has 27 heavy (non-hydrogen) atoms. The van der Waals surface area contributed by atoms with Crippen LogP contribution in [-0.4, -0.2) is 21.5 Å². The van der Waals surface area contributed by atoms with Crippen LogP contribution in [0.5, 0.6) is 0 Å². The molecule has 7 heteroatoms. The highest BCUT2D eigenvalue weighted by atomic mass is 32.2. The number of thioether (sulfide) groups is 1. The standard InChI is InChI=1S/C20H15N3O3S/c1-12-19(24)22-16-8-13(5-6-18(16)27-12)20(25)26-11-14-10-23-7-3-2-4-17(23)15(14)9-21/h2-8,10,12H,11H2,1H3,(H,22,24). The van der Waals surface area contributed by atoms with Crippen molar-refractivity contribution in [1.29, 1.82) is 5.26 Å². The fourth-order valence-electron chi connectivity index (χ4n) is 2.98. The van der Waals surface area contributed by atoms with Crippen molar-refractivity contribution in [2.24, 2.45) is 0 Å². The highest BCUT2D eigenvalue weighted by Crippen LogP contribution is 2.36. The molecule has 3 aromatic rings. The molecule has 1 amide bonds. The van der Waals surface area contributed by atoms with Gasteiger partial charge < -0.3 is 14.5 Å². The van der Waals surface area contributed by atoms with E-state index in [1.807, 2.05) is 35.7 Å². The molecular weight excluding hydrogens is 362 g/mol. The van der Waals surface area contributed by atoms with Crippen molar-refractivity contribution in [1.82, 2.24) is 4.40 Å². The Morgan fingerprint density at radius 2 is 2.22 bits per heavy atom. The molecule has 1 N–H and O–H groups in total. The summed E-state index contributed by atoms with van der Waals surface area (Å²) in [7, 11) is 0. The van der Waals surface area contributed by atoms with Gasteiger partial charge in [-0.3, -0.25) is 4.79 Å². The van der Waals surface area contributed by atoms with E-state index >= 15 is 0 Å². The van der Waals surface area contributed by atoms with Crippen LogP contribution in [0.1, 0.15) is 28.4 Å². The molecule has 1 aliphatic rings. The Morgan fingerprint density at radius 3 is 3.04 bits per heavy atom. The van der Waals surface area contributed by atoms with E-state index < -0.39 is 5.97 Å². The molecule has 134 valence electrons. The number of fused-ring (bicyclic) bond motifs is 2. The lowest BCUT2D eigenvalue weighted by Crippen LogP contribution is -2.26. The Kier molecular flexibility index (Phi) is 4.34. The van der Waals surface area contributed by atoms with Crippen molar-refractivity contribution in [3.05, 3.63) is 65.5 Å². The second-order valence-electron chi connectivity index (χ2n) is 6.17. The molecule has 2 aromatic heterocycles. The summed E-state index contributed by atoms with van der Waals surface area (Å²) in [6.07, 6.45) is 3.62. The maximum Gasteiger partial charge on any atom is 0.338 e. The summed E-state index contributed by atoms with van der Waals surface area (Å²) in [5.74, 6) is -0.591. The van der Waals surface area contributed by atoms with E-state index in [1.54, 1.807) is 24.4 Å². The van der Waals surface area contributed by atoms with Gasteiger partial charge in [0.25, 0.3) is 0 Å². The zero-order valence-corrected chi connectivity index (χ0v) is 15.2. The summed E-state index contributed by atoms with van der Waals surface area (Å²) in [5.41, 5.74) is 2.88. The summed E-state index contributed by atoms with van der Waals surface area (Å²) < 4.78 is 7.23. The minimum atomic E-state index is -0.505. The van der Waals surface area contributed by atoms with E-state index in [0.29, 0.717) is 22.4 Å². The van der Waals surface area contributed by atoms with Gasteiger partial charge in [0, 0.05) is 22.9 Å². The SMILES string of the molecule is CC1Sc2ccc(C(=O)OCc3cn4ccccc4c3C#N)cc2NC1=O. The number of benzene rings is 1. The third kappa shape index (κ3) is 3.15. The first-order valence-corrected chi connectivity index (χ1v) is 9.22. The lowest BCUT2D eigenvalue weighted by atomic mass is 10.2. The number of nitrogens with zero attached hydrogens (tertiary/aromatic N) is 2. The number of aromatic nitrogens is 1. The number of carbonyl (C=O) groups excluding carboxylic acids is 2. The largest absolute Gasteiger partial charge is 0.457 e. The number of pyridine rings is 1. The first-order chi connectivity index (χ1) is 13.1. The second kappa shape index (κ2) is 6.82. The van der Waals surface area contributed by atoms with Gasteiger partial charge in [-0.15, -0.1) is 11.8 Å². The molecule has 1 atom stereocenters. The van der Waals surface area contributed by atoms with Gasteiger partial charge in [-0.25, -0.2) is 4.79 Å². The fourth-order valence-corrected chi connectivity index (χ4v) is 3.91. The molecule has 0 spiro atoms. The maximum absolute atomic E-state index is 12.4. The van der Waals surface area contributed by atoms with Crippen LogP contribution in [0.2, 0.25) is 0 Å². The van der Waals surface area contributed by atoms with Crippen molar-refractivity contribution in [2.45, 2.75) is 23.7 Å². The highest BCUT2D eigenvalue weighted by molar-refractivity contribution is 8.00. The Labute approximate surface area is 159 Å². The second-order valence-corrected chi connectivity index (χ2v) is 7.55. The van der Waals surface area contributed by atoms with Crippen LogP contribution in [0, 0.1) is 11.3 Å². The Bertz CT molecular complexity index is 1110. The van der Waals surface area contributed by atoms with Crippen molar-refractivity contribution < 1.29 is 14.3 Å². The number of nitriles is 1. The van der Waals surface area contributed by atoms with E-state index in [1.165, 1.54) is 11.8 Å².